The number of aliphatic hydroxyl groups excluding tert-OH is 1. The molecule has 0 bridgehead atoms. The second-order valence-corrected chi connectivity index (χ2v) is 6.67. The van der Waals surface area contributed by atoms with Crippen molar-refractivity contribution in [3.05, 3.63) is 0 Å². The SMILES string of the molecule is CC(=O)[C@@]12C[C@@H](O)[C@@](C)(O)[C@@H]3CC[C@@H](C)C3[C@@H]1O2. The van der Waals surface area contributed by atoms with Gasteiger partial charge >= 0.3 is 0 Å². The first-order valence-electron chi connectivity index (χ1n) is 6.90. The lowest BCUT2D eigenvalue weighted by molar-refractivity contribution is -0.132. The van der Waals surface area contributed by atoms with Gasteiger partial charge in [0.25, 0.3) is 0 Å². The topological polar surface area (TPSA) is 70.1 Å². The van der Waals surface area contributed by atoms with Crippen LogP contribution in [0.15, 0.2) is 0 Å². The van der Waals surface area contributed by atoms with E-state index in [-0.39, 0.29) is 30.1 Å². The number of carbonyl (C=O) groups excluding carboxylic acids is 1. The van der Waals surface area contributed by atoms with Crippen molar-refractivity contribution in [1.82, 2.24) is 0 Å². The first kappa shape index (κ1) is 12.6. The third-order valence-electron chi connectivity index (χ3n) is 5.66. The van der Waals surface area contributed by atoms with Gasteiger partial charge in [-0.15, -0.1) is 0 Å². The summed E-state index contributed by atoms with van der Waals surface area (Å²) in [6.45, 7) is 5.40. The van der Waals surface area contributed by atoms with E-state index in [4.69, 9.17) is 4.74 Å². The van der Waals surface area contributed by atoms with Crippen molar-refractivity contribution in [3.63, 3.8) is 0 Å². The molecule has 1 aliphatic heterocycles. The van der Waals surface area contributed by atoms with Crippen LogP contribution in [0.3, 0.4) is 0 Å². The standard InChI is InChI=1S/C14H22O4/c1-7-4-5-9-11(7)12-14(18-12,8(2)15)6-10(16)13(9,3)17/h7,9-12,16-17H,4-6H2,1-3H3/t7-,9-,10-,11?,12+,13+,14+/m1/s1. The summed E-state index contributed by atoms with van der Waals surface area (Å²) in [6, 6.07) is 0. The molecule has 0 aromatic carbocycles. The average Bonchev–Trinajstić information content (AvgIpc) is 2.86. The smallest absolute Gasteiger partial charge is 0.164 e. The Kier molecular flexibility index (Phi) is 2.48. The normalized spacial score (nSPS) is 58.6. The fourth-order valence-corrected chi connectivity index (χ4v) is 4.33. The van der Waals surface area contributed by atoms with Crippen LogP contribution in [0.2, 0.25) is 0 Å². The Labute approximate surface area is 107 Å². The molecule has 2 aliphatic carbocycles. The number of hydrogen-bond donors (Lipinski definition) is 2. The molecule has 18 heavy (non-hydrogen) atoms. The predicted molar refractivity (Wildman–Crippen MR) is 64.9 cm³/mol. The first-order chi connectivity index (χ1) is 8.30. The van der Waals surface area contributed by atoms with Crippen LogP contribution in [0.4, 0.5) is 0 Å². The highest BCUT2D eigenvalue weighted by Crippen LogP contribution is 2.60. The molecule has 7 atom stereocenters. The summed E-state index contributed by atoms with van der Waals surface area (Å²) >= 11 is 0. The summed E-state index contributed by atoms with van der Waals surface area (Å²) in [5.41, 5.74) is -1.92. The summed E-state index contributed by atoms with van der Waals surface area (Å²) in [4.78, 5) is 11.8. The van der Waals surface area contributed by atoms with Gasteiger partial charge in [0.15, 0.2) is 11.4 Å². The Morgan fingerprint density at radius 2 is 2.06 bits per heavy atom. The van der Waals surface area contributed by atoms with E-state index >= 15 is 0 Å². The molecule has 2 N–H and O–H groups in total. The molecule has 0 amide bonds. The first-order valence-corrected chi connectivity index (χ1v) is 6.90. The lowest BCUT2D eigenvalue weighted by atomic mass is 9.76. The minimum absolute atomic E-state index is 0.0119. The van der Waals surface area contributed by atoms with Gasteiger partial charge < -0.3 is 14.9 Å². The summed E-state index contributed by atoms with van der Waals surface area (Å²) < 4.78 is 5.73. The lowest BCUT2D eigenvalue weighted by Gasteiger charge is -2.36. The molecule has 1 heterocycles. The van der Waals surface area contributed by atoms with Crippen molar-refractivity contribution < 1.29 is 19.7 Å². The molecule has 102 valence electrons. The lowest BCUT2D eigenvalue weighted by Crippen LogP contribution is -2.48. The maximum atomic E-state index is 11.8. The van der Waals surface area contributed by atoms with Crippen molar-refractivity contribution in [3.8, 4) is 0 Å². The van der Waals surface area contributed by atoms with Crippen LogP contribution in [-0.4, -0.2) is 39.4 Å². The van der Waals surface area contributed by atoms with Gasteiger partial charge in [0.1, 0.15) is 0 Å². The number of ether oxygens (including phenoxy) is 1. The fraction of sp³-hybridized carbons (Fsp3) is 0.929. The van der Waals surface area contributed by atoms with Gasteiger partial charge in [-0.05, 0) is 44.4 Å². The van der Waals surface area contributed by atoms with Crippen LogP contribution >= 0.6 is 0 Å². The Morgan fingerprint density at radius 3 is 2.67 bits per heavy atom. The minimum Gasteiger partial charge on any atom is -0.390 e. The number of aliphatic hydroxyl groups is 2. The number of ketones is 1. The Hall–Kier alpha value is -0.450. The van der Waals surface area contributed by atoms with Gasteiger partial charge in [0, 0.05) is 6.42 Å². The summed E-state index contributed by atoms with van der Waals surface area (Å²) in [5.74, 6) is 0.664. The maximum absolute atomic E-state index is 11.8. The Bertz CT molecular complexity index is 391. The van der Waals surface area contributed by atoms with Crippen LogP contribution in [0, 0.1) is 17.8 Å². The number of Topliss-reactive ketones (excluding diaryl/α,β-unsaturated/α-hetero) is 1. The molecule has 4 heteroatoms. The van der Waals surface area contributed by atoms with Crippen LogP contribution in [0.1, 0.15) is 40.0 Å². The average molecular weight is 254 g/mol. The molecule has 2 saturated carbocycles. The van der Waals surface area contributed by atoms with Crippen molar-refractivity contribution in [1.29, 1.82) is 0 Å². The molecular weight excluding hydrogens is 232 g/mol. The number of rotatable bonds is 1. The van der Waals surface area contributed by atoms with E-state index in [1.54, 1.807) is 6.92 Å². The van der Waals surface area contributed by atoms with Crippen molar-refractivity contribution in [2.75, 3.05) is 0 Å². The summed E-state index contributed by atoms with van der Waals surface area (Å²) in [5, 5.41) is 20.9. The minimum atomic E-state index is -1.10. The monoisotopic (exact) mass is 254 g/mol. The summed E-state index contributed by atoms with van der Waals surface area (Å²) in [7, 11) is 0. The van der Waals surface area contributed by atoms with Gasteiger partial charge in [-0.25, -0.2) is 0 Å². The van der Waals surface area contributed by atoms with E-state index in [1.165, 1.54) is 6.92 Å². The van der Waals surface area contributed by atoms with E-state index in [2.05, 4.69) is 6.92 Å². The molecule has 0 spiro atoms. The zero-order valence-corrected chi connectivity index (χ0v) is 11.2. The fourth-order valence-electron chi connectivity index (χ4n) is 4.33. The molecule has 0 radical (unpaired) electrons. The quantitative estimate of drug-likeness (QED) is 0.682. The zero-order valence-electron chi connectivity index (χ0n) is 11.2. The highest BCUT2D eigenvalue weighted by atomic mass is 16.6. The van der Waals surface area contributed by atoms with Crippen molar-refractivity contribution >= 4 is 5.78 Å². The second-order valence-electron chi connectivity index (χ2n) is 6.67. The molecule has 0 aromatic heterocycles. The van der Waals surface area contributed by atoms with E-state index in [0.29, 0.717) is 5.92 Å². The number of epoxide rings is 1. The van der Waals surface area contributed by atoms with Gasteiger partial charge in [-0.2, -0.15) is 0 Å². The molecule has 4 nitrogen and oxygen atoms in total. The van der Waals surface area contributed by atoms with Crippen LogP contribution in [0.25, 0.3) is 0 Å². The molecular formula is C14H22O4. The van der Waals surface area contributed by atoms with Crippen molar-refractivity contribution in [2.24, 2.45) is 17.8 Å². The van der Waals surface area contributed by atoms with E-state index in [0.717, 1.165) is 12.8 Å². The predicted octanol–water partition coefficient (Wildman–Crippen LogP) is 0.891. The zero-order chi connectivity index (χ0) is 13.3. The summed E-state index contributed by atoms with van der Waals surface area (Å²) in [6.07, 6.45) is 1.20. The van der Waals surface area contributed by atoms with Gasteiger partial charge in [0.05, 0.1) is 17.8 Å². The number of fused-ring (bicyclic) bond motifs is 3. The molecule has 0 aromatic rings. The largest absolute Gasteiger partial charge is 0.390 e. The third-order valence-corrected chi connectivity index (χ3v) is 5.66. The number of hydrogen-bond acceptors (Lipinski definition) is 4. The molecule has 1 saturated heterocycles. The number of carbonyl (C=O) groups is 1. The van der Waals surface area contributed by atoms with Gasteiger partial charge in [-0.3, -0.25) is 4.79 Å². The molecule has 1 unspecified atom stereocenters. The second kappa shape index (κ2) is 3.56. The molecule has 3 fully saturated rings. The van der Waals surface area contributed by atoms with Crippen LogP contribution < -0.4 is 0 Å². The van der Waals surface area contributed by atoms with Gasteiger partial charge in [0.2, 0.25) is 0 Å². The van der Waals surface area contributed by atoms with Crippen LogP contribution in [-0.2, 0) is 9.53 Å². The highest BCUT2D eigenvalue weighted by Gasteiger charge is 2.71. The molecule has 3 aliphatic rings. The van der Waals surface area contributed by atoms with E-state index < -0.39 is 17.3 Å². The highest BCUT2D eigenvalue weighted by molar-refractivity contribution is 5.88. The van der Waals surface area contributed by atoms with Crippen LogP contribution in [0.5, 0.6) is 0 Å². The van der Waals surface area contributed by atoms with Crippen molar-refractivity contribution in [2.45, 2.75) is 63.4 Å². The van der Waals surface area contributed by atoms with E-state index in [9.17, 15) is 15.0 Å². The Balaban J connectivity index is 2.01. The van der Waals surface area contributed by atoms with Gasteiger partial charge in [-0.1, -0.05) is 6.92 Å². The maximum Gasteiger partial charge on any atom is 0.164 e. The third kappa shape index (κ3) is 1.40. The molecule has 3 rings (SSSR count). The van der Waals surface area contributed by atoms with E-state index in [1.807, 2.05) is 0 Å². The Morgan fingerprint density at radius 1 is 1.39 bits per heavy atom.